The third-order valence-corrected chi connectivity index (χ3v) is 1.67. The molecule has 0 unspecified atom stereocenters. The second kappa shape index (κ2) is 3.43. The first kappa shape index (κ1) is 6.24. The van der Waals surface area contributed by atoms with E-state index in [1.165, 1.54) is 0 Å². The van der Waals surface area contributed by atoms with Gasteiger partial charge in [0, 0.05) is 7.05 Å². The van der Waals surface area contributed by atoms with E-state index in [0.717, 1.165) is 4.32 Å². The molecule has 0 aromatic heterocycles. The Morgan fingerprint density at radius 2 is 2.33 bits per heavy atom. The van der Waals surface area contributed by atoms with E-state index in [2.05, 4.69) is 5.32 Å². The lowest BCUT2D eigenvalue weighted by molar-refractivity contribution is 1.23. The lowest BCUT2D eigenvalue weighted by atomic mass is 11.2. The van der Waals surface area contributed by atoms with Gasteiger partial charge in [-0.2, -0.15) is 0 Å². The first-order chi connectivity index (χ1) is 2.81. The summed E-state index contributed by atoms with van der Waals surface area (Å²) in [7, 11) is 1.82. The van der Waals surface area contributed by atoms with Crippen molar-refractivity contribution in [1.82, 2.24) is 5.32 Å². The first-order valence-corrected chi connectivity index (χ1v) is 3.20. The second-order valence-corrected chi connectivity index (χ2v) is 2.22. The summed E-state index contributed by atoms with van der Waals surface area (Å²) in [6.07, 6.45) is 1.94. The normalized spacial score (nSPS) is 7.67. The zero-order chi connectivity index (χ0) is 4.99. The van der Waals surface area contributed by atoms with Gasteiger partial charge in [-0.05, 0) is 6.26 Å². The smallest absolute Gasteiger partial charge is 0.133 e. The molecule has 0 aliphatic rings. The van der Waals surface area contributed by atoms with Gasteiger partial charge in [-0.15, -0.1) is 11.8 Å². The average molecular weight is 121 g/mol. The number of nitrogens with one attached hydrogen (secondary N) is 1. The van der Waals surface area contributed by atoms with Gasteiger partial charge in [0.2, 0.25) is 0 Å². The van der Waals surface area contributed by atoms with Gasteiger partial charge >= 0.3 is 0 Å². The molecule has 1 nitrogen and oxygen atoms in total. The number of thioether (sulfide) groups is 1. The molecule has 0 aromatic rings. The van der Waals surface area contributed by atoms with Crippen LogP contribution in [0.4, 0.5) is 0 Å². The average Bonchev–Trinajstić information content (AvgIpc) is 1.65. The fourth-order valence-corrected chi connectivity index (χ4v) is 0.306. The van der Waals surface area contributed by atoms with E-state index in [-0.39, 0.29) is 0 Å². The number of hydrogen-bond acceptors (Lipinski definition) is 2. The largest absolute Gasteiger partial charge is 0.374 e. The van der Waals surface area contributed by atoms with Gasteiger partial charge in [0.05, 0.1) is 0 Å². The SMILES string of the molecule is CNC(=S)SC. The van der Waals surface area contributed by atoms with Crippen LogP contribution in [-0.4, -0.2) is 17.6 Å². The summed E-state index contributed by atoms with van der Waals surface area (Å²) in [5.41, 5.74) is 0. The summed E-state index contributed by atoms with van der Waals surface area (Å²) < 4.78 is 0.843. The van der Waals surface area contributed by atoms with E-state index in [4.69, 9.17) is 12.2 Å². The highest BCUT2D eigenvalue weighted by atomic mass is 32.2. The summed E-state index contributed by atoms with van der Waals surface area (Å²) in [6, 6.07) is 0. The monoisotopic (exact) mass is 121 g/mol. The molecular weight excluding hydrogens is 114 g/mol. The molecule has 0 spiro atoms. The molecule has 0 aliphatic carbocycles. The van der Waals surface area contributed by atoms with Crippen molar-refractivity contribution in [2.75, 3.05) is 13.3 Å². The molecule has 0 heterocycles. The Bertz CT molecular complexity index is 46.8. The minimum atomic E-state index is 0.843. The second-order valence-electron chi connectivity index (χ2n) is 0.742. The Kier molecular flexibility index (Phi) is 3.57. The van der Waals surface area contributed by atoms with Crippen molar-refractivity contribution in [2.45, 2.75) is 0 Å². The van der Waals surface area contributed by atoms with E-state index < -0.39 is 0 Å². The van der Waals surface area contributed by atoms with Crippen LogP contribution in [0.15, 0.2) is 0 Å². The van der Waals surface area contributed by atoms with Crippen molar-refractivity contribution < 1.29 is 0 Å². The maximum atomic E-state index is 4.71. The van der Waals surface area contributed by atoms with Crippen molar-refractivity contribution in [2.24, 2.45) is 0 Å². The van der Waals surface area contributed by atoms with Crippen molar-refractivity contribution in [3.8, 4) is 0 Å². The molecule has 1 N–H and O–H groups in total. The molecule has 0 rings (SSSR count). The van der Waals surface area contributed by atoms with Gasteiger partial charge < -0.3 is 5.32 Å². The maximum absolute atomic E-state index is 4.71. The van der Waals surface area contributed by atoms with Crippen LogP contribution < -0.4 is 5.32 Å². The highest BCUT2D eigenvalue weighted by Gasteiger charge is 1.79. The van der Waals surface area contributed by atoms with Crippen LogP contribution in [0, 0.1) is 0 Å². The van der Waals surface area contributed by atoms with Gasteiger partial charge in [-0.1, -0.05) is 12.2 Å². The predicted octanol–water partition coefficient (Wildman–Crippen LogP) is 0.854. The fraction of sp³-hybridized carbons (Fsp3) is 0.667. The number of hydrogen-bond donors (Lipinski definition) is 1. The Morgan fingerprint density at radius 1 is 1.83 bits per heavy atom. The molecule has 6 heavy (non-hydrogen) atoms. The molecule has 3 heteroatoms. The van der Waals surface area contributed by atoms with Gasteiger partial charge in [-0.25, -0.2) is 0 Å². The van der Waals surface area contributed by atoms with Crippen LogP contribution in [0.25, 0.3) is 0 Å². The predicted molar refractivity (Wildman–Crippen MR) is 35.2 cm³/mol. The minimum Gasteiger partial charge on any atom is -0.374 e. The van der Waals surface area contributed by atoms with Gasteiger partial charge in [0.1, 0.15) is 4.32 Å². The minimum absolute atomic E-state index is 0.843. The summed E-state index contributed by atoms with van der Waals surface area (Å²) in [6.45, 7) is 0. The van der Waals surface area contributed by atoms with E-state index in [0.29, 0.717) is 0 Å². The molecule has 0 fully saturated rings. The van der Waals surface area contributed by atoms with Crippen LogP contribution in [-0.2, 0) is 0 Å². The molecule has 0 aromatic carbocycles. The summed E-state index contributed by atoms with van der Waals surface area (Å²) >= 11 is 6.25. The van der Waals surface area contributed by atoms with Crippen LogP contribution in [0.1, 0.15) is 0 Å². The molecular formula is C3H7NS2. The standard InChI is InChI=1S/C3H7NS2/c1-4-3(5)6-2/h1-2H3,(H,4,5). The highest BCUT2D eigenvalue weighted by molar-refractivity contribution is 8.22. The van der Waals surface area contributed by atoms with Crippen LogP contribution >= 0.6 is 24.0 Å². The van der Waals surface area contributed by atoms with E-state index in [9.17, 15) is 0 Å². The zero-order valence-electron chi connectivity index (χ0n) is 3.82. The fourth-order valence-electron chi connectivity index (χ4n) is 0.102. The highest BCUT2D eigenvalue weighted by Crippen LogP contribution is 1.90. The van der Waals surface area contributed by atoms with Gasteiger partial charge in [-0.3, -0.25) is 0 Å². The van der Waals surface area contributed by atoms with Gasteiger partial charge in [0.25, 0.3) is 0 Å². The molecule has 0 aliphatic heterocycles. The molecule has 0 saturated carbocycles. The van der Waals surface area contributed by atoms with Crippen molar-refractivity contribution >= 4 is 28.3 Å². The molecule has 0 amide bonds. The Labute approximate surface area is 47.5 Å². The summed E-state index contributed by atoms with van der Waals surface area (Å²) in [5, 5.41) is 2.81. The molecule has 0 bridgehead atoms. The molecule has 0 atom stereocenters. The lowest BCUT2D eigenvalue weighted by Gasteiger charge is -1.91. The molecule has 0 saturated heterocycles. The van der Waals surface area contributed by atoms with Crippen molar-refractivity contribution in [3.63, 3.8) is 0 Å². The van der Waals surface area contributed by atoms with E-state index in [1.54, 1.807) is 11.8 Å². The Balaban J connectivity index is 2.99. The molecule has 36 valence electrons. The zero-order valence-corrected chi connectivity index (χ0v) is 5.45. The maximum Gasteiger partial charge on any atom is 0.133 e. The summed E-state index contributed by atoms with van der Waals surface area (Å²) in [4.78, 5) is 0. The van der Waals surface area contributed by atoms with Crippen LogP contribution in [0.2, 0.25) is 0 Å². The molecule has 0 radical (unpaired) electrons. The lowest BCUT2D eigenvalue weighted by Crippen LogP contribution is -2.09. The first-order valence-electron chi connectivity index (χ1n) is 1.57. The number of thiocarbonyl (C=S) groups is 1. The quantitative estimate of drug-likeness (QED) is 0.477. The van der Waals surface area contributed by atoms with E-state index >= 15 is 0 Å². The number of rotatable bonds is 0. The Hall–Kier alpha value is 0.240. The van der Waals surface area contributed by atoms with Crippen molar-refractivity contribution in [1.29, 1.82) is 0 Å². The van der Waals surface area contributed by atoms with Gasteiger partial charge in [0.15, 0.2) is 0 Å². The summed E-state index contributed by atoms with van der Waals surface area (Å²) in [5.74, 6) is 0. The third kappa shape index (κ3) is 2.48. The van der Waals surface area contributed by atoms with Crippen molar-refractivity contribution in [3.05, 3.63) is 0 Å². The Morgan fingerprint density at radius 3 is 2.33 bits per heavy atom. The third-order valence-electron chi connectivity index (χ3n) is 0.390. The van der Waals surface area contributed by atoms with Crippen LogP contribution in [0.3, 0.4) is 0 Å². The van der Waals surface area contributed by atoms with E-state index in [1.807, 2.05) is 13.3 Å². The van der Waals surface area contributed by atoms with Crippen LogP contribution in [0.5, 0.6) is 0 Å². The topological polar surface area (TPSA) is 12.0 Å².